The molecule has 0 amide bonds. The van der Waals surface area contributed by atoms with Crippen molar-refractivity contribution in [1.29, 1.82) is 5.26 Å². The van der Waals surface area contributed by atoms with Gasteiger partial charge in [0.05, 0.1) is 12.5 Å². The van der Waals surface area contributed by atoms with Crippen molar-refractivity contribution in [2.45, 2.75) is 47.5 Å². The molecule has 0 aliphatic carbocycles. The molecule has 0 unspecified atom stereocenters. The van der Waals surface area contributed by atoms with E-state index in [0.29, 0.717) is 6.42 Å². The van der Waals surface area contributed by atoms with Crippen molar-refractivity contribution in [1.82, 2.24) is 4.90 Å². The summed E-state index contributed by atoms with van der Waals surface area (Å²) in [7, 11) is 4.08. The largest absolute Gasteiger partial charge is 0.305 e. The first kappa shape index (κ1) is 19.7. The molecule has 0 aliphatic rings. The van der Waals surface area contributed by atoms with E-state index in [1.807, 2.05) is 47.9 Å². The maximum Gasteiger partial charge on any atom is 0.0663 e. The van der Waals surface area contributed by atoms with Gasteiger partial charge < -0.3 is 4.90 Å². The molecule has 2 heteroatoms. The van der Waals surface area contributed by atoms with Crippen molar-refractivity contribution in [2.75, 3.05) is 20.6 Å². The fraction of sp³-hybridized carbons (Fsp3) is 0.769. The molecule has 0 radical (unpaired) electrons. The van der Waals surface area contributed by atoms with Crippen LogP contribution >= 0.6 is 0 Å². The van der Waals surface area contributed by atoms with Gasteiger partial charge in [-0.25, -0.2) is 0 Å². The topological polar surface area (TPSA) is 27.0 Å². The molecule has 0 saturated carbocycles. The summed E-state index contributed by atoms with van der Waals surface area (Å²) >= 11 is 0. The van der Waals surface area contributed by atoms with Crippen LogP contribution in [-0.4, -0.2) is 25.5 Å². The predicted octanol–water partition coefficient (Wildman–Crippen LogP) is 3.85. The van der Waals surface area contributed by atoms with Gasteiger partial charge in [-0.2, -0.15) is 5.26 Å². The highest BCUT2D eigenvalue weighted by atomic mass is 15.0. The fourth-order valence-electron chi connectivity index (χ4n) is 0.917. The van der Waals surface area contributed by atoms with Crippen molar-refractivity contribution in [3.63, 3.8) is 0 Å². The molecule has 0 spiro atoms. The van der Waals surface area contributed by atoms with Crippen LogP contribution in [0.25, 0.3) is 0 Å². The van der Waals surface area contributed by atoms with E-state index in [4.69, 9.17) is 5.26 Å². The van der Waals surface area contributed by atoms with E-state index in [1.165, 1.54) is 5.57 Å². The van der Waals surface area contributed by atoms with E-state index in [1.54, 1.807) is 0 Å². The Morgan fingerprint density at radius 1 is 1.20 bits per heavy atom. The molecule has 0 aromatic rings. The van der Waals surface area contributed by atoms with Crippen LogP contribution in [-0.2, 0) is 0 Å². The van der Waals surface area contributed by atoms with Gasteiger partial charge >= 0.3 is 0 Å². The smallest absolute Gasteiger partial charge is 0.0663 e. The zero-order valence-corrected chi connectivity index (χ0v) is 11.6. The van der Waals surface area contributed by atoms with E-state index >= 15 is 0 Å². The molecule has 0 atom stereocenters. The number of hydrogen-bond acceptors (Lipinski definition) is 2. The lowest BCUT2D eigenvalue weighted by Gasteiger charge is -2.10. The maximum atomic E-state index is 8.34. The highest BCUT2D eigenvalue weighted by molar-refractivity contribution is 5.06. The number of allylic oxidation sites excluding steroid dienone is 1. The van der Waals surface area contributed by atoms with E-state index < -0.39 is 0 Å². The maximum absolute atomic E-state index is 8.34. The van der Waals surface area contributed by atoms with E-state index in [-0.39, 0.29) is 0 Å². The van der Waals surface area contributed by atoms with Crippen molar-refractivity contribution < 1.29 is 0 Å². The summed E-state index contributed by atoms with van der Waals surface area (Å²) in [5.74, 6) is 0. The predicted molar refractivity (Wildman–Crippen MR) is 69.9 cm³/mol. The zero-order valence-electron chi connectivity index (χ0n) is 11.6. The third-order valence-electron chi connectivity index (χ3n) is 1.46. The fourth-order valence-corrected chi connectivity index (χ4v) is 0.917. The SMILES string of the molecule is CC.CC.CC/C(=C/CC#N)CN(C)C. The van der Waals surface area contributed by atoms with Gasteiger partial charge in [-0.05, 0) is 20.5 Å². The van der Waals surface area contributed by atoms with Crippen molar-refractivity contribution in [2.24, 2.45) is 0 Å². The van der Waals surface area contributed by atoms with Gasteiger partial charge in [0, 0.05) is 6.54 Å². The normalized spacial score (nSPS) is 9.40. The molecular weight excluding hydrogens is 184 g/mol. The number of nitrogens with zero attached hydrogens (tertiary/aromatic N) is 2. The number of nitriles is 1. The van der Waals surface area contributed by atoms with Crippen molar-refractivity contribution >= 4 is 0 Å². The minimum absolute atomic E-state index is 0.539. The van der Waals surface area contributed by atoms with Gasteiger partial charge in [-0.15, -0.1) is 0 Å². The minimum Gasteiger partial charge on any atom is -0.305 e. The molecule has 0 rings (SSSR count). The Morgan fingerprint density at radius 2 is 1.67 bits per heavy atom. The molecular formula is C13H28N2. The number of rotatable bonds is 4. The molecule has 0 heterocycles. The van der Waals surface area contributed by atoms with Crippen LogP contribution in [0.3, 0.4) is 0 Å². The molecule has 0 bridgehead atoms. The molecule has 0 fully saturated rings. The van der Waals surface area contributed by atoms with Crippen LogP contribution in [0.1, 0.15) is 47.5 Å². The van der Waals surface area contributed by atoms with Crippen LogP contribution in [0.2, 0.25) is 0 Å². The second kappa shape index (κ2) is 18.9. The van der Waals surface area contributed by atoms with Crippen LogP contribution in [0.5, 0.6) is 0 Å². The third-order valence-corrected chi connectivity index (χ3v) is 1.46. The highest BCUT2D eigenvalue weighted by Gasteiger charge is 1.94. The van der Waals surface area contributed by atoms with Gasteiger partial charge in [-0.3, -0.25) is 0 Å². The molecule has 0 aromatic carbocycles. The average molecular weight is 212 g/mol. The quantitative estimate of drug-likeness (QED) is 0.662. The Bertz CT molecular complexity index is 164. The lowest BCUT2D eigenvalue weighted by molar-refractivity contribution is 0.440. The van der Waals surface area contributed by atoms with E-state index in [2.05, 4.69) is 17.9 Å². The second-order valence-electron chi connectivity index (χ2n) is 2.82. The first-order valence-corrected chi connectivity index (χ1v) is 5.90. The van der Waals surface area contributed by atoms with E-state index in [0.717, 1.165) is 13.0 Å². The summed E-state index contributed by atoms with van der Waals surface area (Å²) in [6.45, 7) is 11.1. The standard InChI is InChI=1S/C9H16N2.2C2H6/c1-4-9(6-5-7-10)8-11(2)3;2*1-2/h6H,4-5,8H2,1-3H3;2*1-2H3/b9-6-;;. The van der Waals surface area contributed by atoms with Gasteiger partial charge in [0.25, 0.3) is 0 Å². The van der Waals surface area contributed by atoms with Crippen LogP contribution in [0.15, 0.2) is 11.6 Å². The lowest BCUT2D eigenvalue weighted by Crippen LogP contribution is -2.14. The summed E-state index contributed by atoms with van der Waals surface area (Å²) < 4.78 is 0. The lowest BCUT2D eigenvalue weighted by atomic mass is 10.1. The Balaban J connectivity index is -0.000000318. The Hall–Kier alpha value is -0.810. The van der Waals surface area contributed by atoms with Gasteiger partial charge in [0.15, 0.2) is 0 Å². The Kier molecular flexibility index (Phi) is 24.8. The molecule has 15 heavy (non-hydrogen) atoms. The van der Waals surface area contributed by atoms with Crippen LogP contribution < -0.4 is 0 Å². The Labute approximate surface area is 96.6 Å². The van der Waals surface area contributed by atoms with E-state index in [9.17, 15) is 0 Å². The second-order valence-corrected chi connectivity index (χ2v) is 2.82. The number of hydrogen-bond donors (Lipinski definition) is 0. The minimum atomic E-state index is 0.539. The van der Waals surface area contributed by atoms with Crippen LogP contribution in [0.4, 0.5) is 0 Å². The summed E-state index contributed by atoms with van der Waals surface area (Å²) in [4.78, 5) is 2.12. The first-order chi connectivity index (χ1) is 7.20. The molecule has 0 saturated heterocycles. The van der Waals surface area contributed by atoms with Gasteiger partial charge in [-0.1, -0.05) is 46.3 Å². The van der Waals surface area contributed by atoms with Crippen molar-refractivity contribution in [3.05, 3.63) is 11.6 Å². The summed E-state index contributed by atoms with van der Waals surface area (Å²) in [6.07, 6.45) is 3.59. The number of likely N-dealkylation sites (N-methyl/N-ethyl adjacent to an activating group) is 1. The molecule has 0 aromatic heterocycles. The summed E-state index contributed by atoms with van der Waals surface area (Å²) in [6, 6.07) is 2.11. The monoisotopic (exact) mass is 212 g/mol. The molecule has 0 aliphatic heterocycles. The van der Waals surface area contributed by atoms with Crippen LogP contribution in [0, 0.1) is 11.3 Å². The summed E-state index contributed by atoms with van der Waals surface area (Å²) in [5.41, 5.74) is 1.34. The Morgan fingerprint density at radius 3 is 1.93 bits per heavy atom. The third kappa shape index (κ3) is 19.6. The van der Waals surface area contributed by atoms with Gasteiger partial charge in [0.1, 0.15) is 0 Å². The molecule has 2 nitrogen and oxygen atoms in total. The molecule has 90 valence electrons. The zero-order chi connectivity index (χ0) is 12.7. The van der Waals surface area contributed by atoms with Gasteiger partial charge in [0.2, 0.25) is 0 Å². The van der Waals surface area contributed by atoms with Crippen molar-refractivity contribution in [3.8, 4) is 6.07 Å². The average Bonchev–Trinajstić information content (AvgIpc) is 2.29. The first-order valence-electron chi connectivity index (χ1n) is 5.90. The summed E-state index contributed by atoms with van der Waals surface area (Å²) in [5, 5.41) is 8.34. The highest BCUT2D eigenvalue weighted by Crippen LogP contribution is 2.02. The molecule has 0 N–H and O–H groups in total.